The highest BCUT2D eigenvalue weighted by molar-refractivity contribution is 6.06. The first-order valence-corrected chi connectivity index (χ1v) is 10.8. The number of rotatable bonds is 5. The number of hydrogen-bond donors (Lipinski definition) is 0. The summed E-state index contributed by atoms with van der Waals surface area (Å²) in [6.07, 6.45) is 6.63. The molecule has 164 valence electrons. The molecule has 32 heavy (non-hydrogen) atoms. The van der Waals surface area contributed by atoms with E-state index in [0.717, 1.165) is 27.6 Å². The summed E-state index contributed by atoms with van der Waals surface area (Å²) in [5.74, 6) is -0.584. The Kier molecular flexibility index (Phi) is 5.49. The lowest BCUT2D eigenvalue weighted by molar-refractivity contribution is -0.0434. The summed E-state index contributed by atoms with van der Waals surface area (Å²) >= 11 is 0. The first kappa shape index (κ1) is 20.5. The number of carbonyl (C=O) groups is 1. The molecule has 1 saturated heterocycles. The van der Waals surface area contributed by atoms with E-state index in [1.165, 1.54) is 0 Å². The Hall–Kier alpha value is -3.45. The Bertz CT molecular complexity index is 1240. The van der Waals surface area contributed by atoms with Crippen molar-refractivity contribution >= 4 is 16.8 Å². The van der Waals surface area contributed by atoms with Gasteiger partial charge in [0.25, 0.3) is 5.91 Å². The van der Waals surface area contributed by atoms with Gasteiger partial charge in [0, 0.05) is 55.7 Å². The minimum absolute atomic E-state index is 0.390. The molecule has 0 atom stereocenters. The zero-order valence-electron chi connectivity index (χ0n) is 17.9. The first-order valence-electron chi connectivity index (χ1n) is 10.8. The Balaban J connectivity index is 1.42. The molecule has 6 nitrogen and oxygen atoms in total. The van der Waals surface area contributed by atoms with Crippen molar-refractivity contribution < 1.29 is 14.0 Å². The summed E-state index contributed by atoms with van der Waals surface area (Å²) in [5, 5.41) is 5.39. The average molecular weight is 432 g/mol. The van der Waals surface area contributed by atoms with Crippen molar-refractivity contribution in [1.82, 2.24) is 19.5 Å². The molecule has 3 heterocycles. The summed E-state index contributed by atoms with van der Waals surface area (Å²) in [6, 6.07) is 15.5. The SMILES string of the molecule is Cn1cc(-c2ccc(Cn3cc(C(=O)N(F)C4CCOCC4)c4ccccc43)cc2)cn1. The summed E-state index contributed by atoms with van der Waals surface area (Å²) in [4.78, 5) is 13.0. The number of nitrogens with zero attached hydrogens (tertiary/aromatic N) is 4. The Morgan fingerprint density at radius 2 is 1.84 bits per heavy atom. The van der Waals surface area contributed by atoms with E-state index < -0.39 is 11.9 Å². The third-order valence-corrected chi connectivity index (χ3v) is 6.07. The lowest BCUT2D eigenvalue weighted by atomic mass is 10.1. The highest BCUT2D eigenvalue weighted by atomic mass is 19.2. The molecule has 0 spiro atoms. The number of aryl methyl sites for hydroxylation is 1. The zero-order chi connectivity index (χ0) is 22.1. The number of carbonyl (C=O) groups excluding carboxylic acids is 1. The van der Waals surface area contributed by atoms with Crippen molar-refractivity contribution in [2.75, 3.05) is 13.2 Å². The number of ether oxygens (including phenoxy) is 1. The second-order valence-corrected chi connectivity index (χ2v) is 8.25. The third-order valence-electron chi connectivity index (χ3n) is 6.07. The first-order chi connectivity index (χ1) is 15.6. The average Bonchev–Trinajstić information content (AvgIpc) is 3.43. The number of benzene rings is 2. The van der Waals surface area contributed by atoms with E-state index in [-0.39, 0.29) is 0 Å². The number of halogens is 1. The molecule has 0 N–H and O–H groups in total. The van der Waals surface area contributed by atoms with Crippen molar-refractivity contribution in [1.29, 1.82) is 0 Å². The Morgan fingerprint density at radius 3 is 2.56 bits per heavy atom. The molecule has 7 heteroatoms. The smallest absolute Gasteiger partial charge is 0.283 e. The van der Waals surface area contributed by atoms with E-state index in [2.05, 4.69) is 29.4 Å². The number of aromatic nitrogens is 3. The summed E-state index contributed by atoms with van der Waals surface area (Å²) < 4.78 is 24.0. The van der Waals surface area contributed by atoms with E-state index in [9.17, 15) is 9.28 Å². The van der Waals surface area contributed by atoms with E-state index >= 15 is 0 Å². The molecule has 1 aliphatic rings. The standard InChI is InChI=1S/C25H25FN4O2/c1-28-16-20(14-27-28)19-8-6-18(7-9-19)15-29-17-23(22-4-2-3-5-24(22)29)25(31)30(26)21-10-12-32-13-11-21/h2-9,14,16-17,21H,10-13,15H2,1H3. The minimum Gasteiger partial charge on any atom is -0.381 e. The van der Waals surface area contributed by atoms with Gasteiger partial charge in [-0.1, -0.05) is 46.9 Å². The maximum absolute atomic E-state index is 15.0. The number of hydrogen-bond acceptors (Lipinski definition) is 3. The largest absolute Gasteiger partial charge is 0.381 e. The molecule has 2 aromatic carbocycles. The van der Waals surface area contributed by atoms with Crippen LogP contribution in [0.5, 0.6) is 0 Å². The van der Waals surface area contributed by atoms with Crippen LogP contribution in [0.1, 0.15) is 28.8 Å². The van der Waals surface area contributed by atoms with Crippen LogP contribution in [0.3, 0.4) is 0 Å². The monoisotopic (exact) mass is 432 g/mol. The van der Waals surface area contributed by atoms with Crippen LogP contribution in [0.4, 0.5) is 4.48 Å². The van der Waals surface area contributed by atoms with Crippen molar-refractivity contribution in [2.24, 2.45) is 7.05 Å². The zero-order valence-corrected chi connectivity index (χ0v) is 17.9. The maximum atomic E-state index is 15.0. The molecular weight excluding hydrogens is 407 g/mol. The fourth-order valence-corrected chi connectivity index (χ4v) is 4.31. The van der Waals surface area contributed by atoms with E-state index in [4.69, 9.17) is 4.74 Å². The second-order valence-electron chi connectivity index (χ2n) is 8.25. The molecule has 4 aromatic rings. The van der Waals surface area contributed by atoms with Gasteiger partial charge in [-0.3, -0.25) is 9.48 Å². The van der Waals surface area contributed by atoms with Crippen LogP contribution < -0.4 is 0 Å². The highest BCUT2D eigenvalue weighted by Crippen LogP contribution is 2.27. The number of amides is 1. The van der Waals surface area contributed by atoms with Crippen LogP contribution in [0.25, 0.3) is 22.0 Å². The van der Waals surface area contributed by atoms with Crippen LogP contribution >= 0.6 is 0 Å². The van der Waals surface area contributed by atoms with Gasteiger partial charge < -0.3 is 9.30 Å². The van der Waals surface area contributed by atoms with Gasteiger partial charge in [-0.15, -0.1) is 0 Å². The van der Waals surface area contributed by atoms with E-state index in [1.54, 1.807) is 10.9 Å². The van der Waals surface area contributed by atoms with Crippen molar-refractivity contribution in [3.05, 3.63) is 78.2 Å². The van der Waals surface area contributed by atoms with Crippen molar-refractivity contribution in [2.45, 2.75) is 25.4 Å². The van der Waals surface area contributed by atoms with Crippen LogP contribution in [0.2, 0.25) is 0 Å². The Morgan fingerprint density at radius 1 is 1.09 bits per heavy atom. The van der Waals surface area contributed by atoms with Gasteiger partial charge in [-0.2, -0.15) is 10.2 Å². The fraction of sp³-hybridized carbons (Fsp3) is 0.280. The molecule has 1 aliphatic heterocycles. The molecule has 2 aromatic heterocycles. The summed E-state index contributed by atoms with van der Waals surface area (Å²) in [5.41, 5.74) is 4.56. The molecule has 0 aliphatic carbocycles. The molecule has 0 unspecified atom stereocenters. The maximum Gasteiger partial charge on any atom is 0.283 e. The van der Waals surface area contributed by atoms with Gasteiger partial charge in [-0.05, 0) is 30.0 Å². The van der Waals surface area contributed by atoms with Crippen LogP contribution in [0.15, 0.2) is 67.1 Å². The third kappa shape index (κ3) is 3.91. The second kappa shape index (κ2) is 8.59. The van der Waals surface area contributed by atoms with Gasteiger partial charge in [0.15, 0.2) is 0 Å². The van der Waals surface area contributed by atoms with Crippen LogP contribution in [0, 0.1) is 0 Å². The van der Waals surface area contributed by atoms with Gasteiger partial charge in [0.1, 0.15) is 0 Å². The molecule has 1 amide bonds. The van der Waals surface area contributed by atoms with Gasteiger partial charge >= 0.3 is 0 Å². The summed E-state index contributed by atoms with van der Waals surface area (Å²) in [7, 11) is 1.90. The predicted molar refractivity (Wildman–Crippen MR) is 121 cm³/mol. The molecule has 1 fully saturated rings. The molecule has 0 bridgehead atoms. The number of fused-ring (bicyclic) bond motifs is 1. The van der Waals surface area contributed by atoms with Crippen molar-refractivity contribution in [3.8, 4) is 11.1 Å². The predicted octanol–water partition coefficient (Wildman–Crippen LogP) is 4.60. The van der Waals surface area contributed by atoms with Crippen LogP contribution in [-0.2, 0) is 18.3 Å². The minimum atomic E-state index is -0.584. The molecular formula is C25H25FN4O2. The van der Waals surface area contributed by atoms with Gasteiger partial charge in [0.05, 0.1) is 17.8 Å². The normalized spacial score (nSPS) is 14.7. The quantitative estimate of drug-likeness (QED) is 0.433. The molecule has 5 rings (SSSR count). The van der Waals surface area contributed by atoms with Crippen LogP contribution in [-0.4, -0.2) is 44.6 Å². The van der Waals surface area contributed by atoms with Gasteiger partial charge in [0.2, 0.25) is 0 Å². The topological polar surface area (TPSA) is 52.3 Å². The number of para-hydroxylation sites is 1. The summed E-state index contributed by atoms with van der Waals surface area (Å²) in [6.45, 7) is 1.55. The van der Waals surface area contributed by atoms with Gasteiger partial charge in [-0.25, -0.2) is 0 Å². The van der Waals surface area contributed by atoms with Crippen molar-refractivity contribution in [3.63, 3.8) is 0 Å². The molecule has 0 saturated carbocycles. The molecule has 0 radical (unpaired) electrons. The highest BCUT2D eigenvalue weighted by Gasteiger charge is 2.29. The lowest BCUT2D eigenvalue weighted by Gasteiger charge is -2.26. The lowest BCUT2D eigenvalue weighted by Crippen LogP contribution is -2.37. The van der Waals surface area contributed by atoms with E-state index in [1.807, 2.05) is 48.3 Å². The fourth-order valence-electron chi connectivity index (χ4n) is 4.31. The van der Waals surface area contributed by atoms with E-state index in [0.29, 0.717) is 43.3 Å². The Labute approximate surface area is 185 Å².